The van der Waals surface area contributed by atoms with Crippen LogP contribution in [0.2, 0.25) is 0 Å². The van der Waals surface area contributed by atoms with E-state index in [1.807, 2.05) is 11.6 Å². The summed E-state index contributed by atoms with van der Waals surface area (Å²) in [6.45, 7) is 6.19. The Morgan fingerprint density at radius 2 is 1.96 bits per heavy atom. The normalized spacial score (nSPS) is 15.5. The Morgan fingerprint density at radius 1 is 1.15 bits per heavy atom. The number of hydrogen-bond donors (Lipinski definition) is 1. The van der Waals surface area contributed by atoms with E-state index in [1.165, 1.54) is 6.92 Å². The van der Waals surface area contributed by atoms with Crippen molar-refractivity contribution in [2.24, 2.45) is 0 Å². The third-order valence-corrected chi connectivity index (χ3v) is 5.34. The molecule has 0 aliphatic carbocycles. The van der Waals surface area contributed by atoms with Crippen LogP contribution < -0.4 is 10.2 Å². The number of rotatable bonds is 6. The van der Waals surface area contributed by atoms with Crippen molar-refractivity contribution in [3.8, 4) is 0 Å². The number of amides is 1. The first-order valence-corrected chi connectivity index (χ1v) is 9.77. The first kappa shape index (κ1) is 18.5. The molecule has 1 fully saturated rings. The van der Waals surface area contributed by atoms with Crippen molar-refractivity contribution in [3.63, 3.8) is 0 Å². The van der Waals surface area contributed by atoms with Gasteiger partial charge in [-0.1, -0.05) is 0 Å². The fraction of sp³-hybridized carbons (Fsp3) is 0.421. The highest BCUT2D eigenvalue weighted by Crippen LogP contribution is 2.19. The maximum Gasteiger partial charge on any atom is 0.225 e. The molecular weight excluding hydrogens is 348 g/mol. The maximum atomic E-state index is 12.2. The van der Waals surface area contributed by atoms with Gasteiger partial charge in [-0.2, -0.15) is 0 Å². The highest BCUT2D eigenvalue weighted by atomic mass is 32.1. The summed E-state index contributed by atoms with van der Waals surface area (Å²) in [4.78, 5) is 32.5. The minimum Gasteiger partial charge on any atom is -0.347 e. The Morgan fingerprint density at radius 3 is 2.65 bits per heavy atom. The second kappa shape index (κ2) is 8.91. The SMILES string of the molecule is CC(=O)c1ccc(NC(=O)CCN2CCCN(c3nccs3)CC2)cc1. The zero-order chi connectivity index (χ0) is 18.4. The summed E-state index contributed by atoms with van der Waals surface area (Å²) in [5.74, 6) is 0.0254. The number of anilines is 2. The van der Waals surface area contributed by atoms with Crippen LogP contribution in [0.5, 0.6) is 0 Å². The maximum absolute atomic E-state index is 12.2. The second-order valence-electron chi connectivity index (χ2n) is 6.43. The Kier molecular flexibility index (Phi) is 6.35. The molecule has 1 amide bonds. The average Bonchev–Trinajstić information content (AvgIpc) is 3.06. The largest absolute Gasteiger partial charge is 0.347 e. The monoisotopic (exact) mass is 372 g/mol. The molecule has 1 aromatic carbocycles. The summed E-state index contributed by atoms with van der Waals surface area (Å²) in [6, 6.07) is 7.01. The molecule has 1 aliphatic heterocycles. The van der Waals surface area contributed by atoms with Gasteiger partial charge in [0.1, 0.15) is 0 Å². The molecule has 2 aromatic rings. The topological polar surface area (TPSA) is 65.5 Å². The Hall–Kier alpha value is -2.25. The van der Waals surface area contributed by atoms with E-state index in [9.17, 15) is 9.59 Å². The molecule has 1 aromatic heterocycles. The smallest absolute Gasteiger partial charge is 0.225 e. The molecule has 1 aliphatic rings. The van der Waals surface area contributed by atoms with Crippen molar-refractivity contribution in [1.82, 2.24) is 9.88 Å². The van der Waals surface area contributed by atoms with E-state index in [2.05, 4.69) is 20.1 Å². The third kappa shape index (κ3) is 5.12. The summed E-state index contributed by atoms with van der Waals surface area (Å²) in [7, 11) is 0. The van der Waals surface area contributed by atoms with Gasteiger partial charge < -0.3 is 15.1 Å². The van der Waals surface area contributed by atoms with Gasteiger partial charge in [-0.3, -0.25) is 9.59 Å². The van der Waals surface area contributed by atoms with E-state index < -0.39 is 0 Å². The van der Waals surface area contributed by atoms with Crippen molar-refractivity contribution in [2.45, 2.75) is 19.8 Å². The van der Waals surface area contributed by atoms with Crippen molar-refractivity contribution in [2.75, 3.05) is 42.9 Å². The third-order valence-electron chi connectivity index (χ3n) is 4.51. The van der Waals surface area contributed by atoms with E-state index in [-0.39, 0.29) is 11.7 Å². The number of Topliss-reactive ketones (excluding diaryl/α,β-unsaturated/α-hetero) is 1. The summed E-state index contributed by atoms with van der Waals surface area (Å²) in [5.41, 5.74) is 1.38. The van der Waals surface area contributed by atoms with Crippen LogP contribution in [-0.4, -0.2) is 54.3 Å². The molecule has 138 valence electrons. The van der Waals surface area contributed by atoms with E-state index >= 15 is 0 Å². The van der Waals surface area contributed by atoms with Gasteiger partial charge in [0.25, 0.3) is 0 Å². The second-order valence-corrected chi connectivity index (χ2v) is 7.30. The molecule has 0 radical (unpaired) electrons. The summed E-state index contributed by atoms with van der Waals surface area (Å²) < 4.78 is 0. The number of nitrogens with one attached hydrogen (secondary N) is 1. The van der Waals surface area contributed by atoms with E-state index in [4.69, 9.17) is 0 Å². The summed E-state index contributed by atoms with van der Waals surface area (Å²) >= 11 is 1.67. The van der Waals surface area contributed by atoms with Crippen LogP contribution >= 0.6 is 11.3 Å². The van der Waals surface area contributed by atoms with Crippen molar-refractivity contribution < 1.29 is 9.59 Å². The van der Waals surface area contributed by atoms with Crippen LogP contribution in [0, 0.1) is 0 Å². The minimum atomic E-state index is 0.00148. The van der Waals surface area contributed by atoms with Crippen molar-refractivity contribution >= 4 is 33.8 Å². The molecule has 2 heterocycles. The molecule has 0 spiro atoms. The molecule has 0 atom stereocenters. The highest BCUT2D eigenvalue weighted by Gasteiger charge is 2.17. The molecule has 1 N–H and O–H groups in total. The van der Waals surface area contributed by atoms with E-state index in [0.29, 0.717) is 12.0 Å². The number of carbonyl (C=O) groups is 2. The summed E-state index contributed by atoms with van der Waals surface area (Å²) in [5, 5.41) is 5.99. The van der Waals surface area contributed by atoms with Crippen LogP contribution in [0.25, 0.3) is 0 Å². The molecule has 3 rings (SSSR count). The average molecular weight is 372 g/mol. The highest BCUT2D eigenvalue weighted by molar-refractivity contribution is 7.13. The number of nitrogens with zero attached hydrogens (tertiary/aromatic N) is 3. The quantitative estimate of drug-likeness (QED) is 0.790. The number of hydrogen-bond acceptors (Lipinski definition) is 6. The Labute approximate surface area is 157 Å². The lowest BCUT2D eigenvalue weighted by atomic mass is 10.1. The fourth-order valence-corrected chi connectivity index (χ4v) is 3.73. The van der Waals surface area contributed by atoms with Gasteiger partial charge in [-0.05, 0) is 44.2 Å². The predicted octanol–water partition coefficient (Wildman–Crippen LogP) is 2.89. The molecular formula is C19H24N4O2S. The van der Waals surface area contributed by atoms with Gasteiger partial charge in [-0.25, -0.2) is 4.98 Å². The first-order chi connectivity index (χ1) is 12.6. The van der Waals surface area contributed by atoms with Crippen molar-refractivity contribution in [3.05, 3.63) is 41.4 Å². The molecule has 6 nitrogen and oxygen atoms in total. The molecule has 0 unspecified atom stereocenters. The molecule has 0 saturated carbocycles. The van der Waals surface area contributed by atoms with Crippen LogP contribution in [0.3, 0.4) is 0 Å². The van der Waals surface area contributed by atoms with E-state index in [1.54, 1.807) is 35.6 Å². The molecule has 26 heavy (non-hydrogen) atoms. The lowest BCUT2D eigenvalue weighted by Gasteiger charge is -2.21. The van der Waals surface area contributed by atoms with Crippen LogP contribution in [0.1, 0.15) is 30.1 Å². The Bertz CT molecular complexity index is 731. The van der Waals surface area contributed by atoms with Gasteiger partial charge in [-0.15, -0.1) is 11.3 Å². The summed E-state index contributed by atoms with van der Waals surface area (Å²) in [6.07, 6.45) is 3.38. The van der Waals surface area contributed by atoms with Gasteiger partial charge in [0.05, 0.1) is 0 Å². The zero-order valence-electron chi connectivity index (χ0n) is 15.0. The van der Waals surface area contributed by atoms with Gasteiger partial charge in [0.15, 0.2) is 10.9 Å². The van der Waals surface area contributed by atoms with Gasteiger partial charge in [0, 0.05) is 55.4 Å². The fourth-order valence-electron chi connectivity index (χ4n) is 3.03. The van der Waals surface area contributed by atoms with Crippen LogP contribution in [-0.2, 0) is 4.79 Å². The van der Waals surface area contributed by atoms with Gasteiger partial charge >= 0.3 is 0 Å². The molecule has 0 bridgehead atoms. The predicted molar refractivity (Wildman–Crippen MR) is 105 cm³/mol. The molecule has 7 heteroatoms. The van der Waals surface area contributed by atoms with Crippen LogP contribution in [0.4, 0.5) is 10.8 Å². The number of ketones is 1. The molecule has 1 saturated heterocycles. The lowest BCUT2D eigenvalue weighted by Crippen LogP contribution is -2.32. The number of thiazole rings is 1. The van der Waals surface area contributed by atoms with Crippen molar-refractivity contribution in [1.29, 1.82) is 0 Å². The van der Waals surface area contributed by atoms with Crippen LogP contribution in [0.15, 0.2) is 35.8 Å². The van der Waals surface area contributed by atoms with Gasteiger partial charge in [0.2, 0.25) is 5.91 Å². The number of carbonyl (C=O) groups excluding carboxylic acids is 2. The lowest BCUT2D eigenvalue weighted by molar-refractivity contribution is -0.116. The number of benzene rings is 1. The Balaban J connectivity index is 1.43. The number of aromatic nitrogens is 1. The minimum absolute atomic E-state index is 0.00148. The van der Waals surface area contributed by atoms with E-state index in [0.717, 1.165) is 50.0 Å². The first-order valence-electron chi connectivity index (χ1n) is 8.89. The zero-order valence-corrected chi connectivity index (χ0v) is 15.8. The standard InChI is InChI=1S/C19H24N4O2S/c1-15(24)16-3-5-17(6-4-16)21-18(25)7-11-22-9-2-10-23(13-12-22)19-20-8-14-26-19/h3-6,8,14H,2,7,9-13H2,1H3,(H,21,25).